The fourth-order valence-corrected chi connectivity index (χ4v) is 2.29. The van der Waals surface area contributed by atoms with Crippen LogP contribution >= 0.6 is 24.0 Å². The van der Waals surface area contributed by atoms with Crippen molar-refractivity contribution < 1.29 is 17.9 Å². The molecule has 0 saturated heterocycles. The molecular formula is C19H23F3IN3O. The summed E-state index contributed by atoms with van der Waals surface area (Å²) in [5.74, 6) is 0.816. The van der Waals surface area contributed by atoms with Crippen LogP contribution in [-0.2, 0) is 13.0 Å². The number of nitrogens with one attached hydrogen (secondary N) is 2. The van der Waals surface area contributed by atoms with E-state index in [-0.39, 0.29) is 29.7 Å². The minimum absolute atomic E-state index is 0. The van der Waals surface area contributed by atoms with Gasteiger partial charge in [-0.1, -0.05) is 42.5 Å². The van der Waals surface area contributed by atoms with Crippen molar-refractivity contribution in [3.63, 3.8) is 0 Å². The molecule has 2 aromatic carbocycles. The summed E-state index contributed by atoms with van der Waals surface area (Å²) in [6.07, 6.45) is -3.48. The van der Waals surface area contributed by atoms with Crippen LogP contribution in [0.5, 0.6) is 5.75 Å². The Balaban J connectivity index is 0.00000364. The van der Waals surface area contributed by atoms with Crippen LogP contribution in [0.2, 0.25) is 0 Å². The van der Waals surface area contributed by atoms with E-state index in [0.29, 0.717) is 12.5 Å². The average Bonchev–Trinajstić information content (AvgIpc) is 2.63. The molecule has 0 aromatic heterocycles. The van der Waals surface area contributed by atoms with Gasteiger partial charge in [-0.05, 0) is 29.7 Å². The Morgan fingerprint density at radius 2 is 1.70 bits per heavy atom. The van der Waals surface area contributed by atoms with Crippen LogP contribution in [0.1, 0.15) is 11.1 Å². The molecule has 0 spiro atoms. The molecule has 2 rings (SSSR count). The monoisotopic (exact) mass is 493 g/mol. The van der Waals surface area contributed by atoms with Crippen LogP contribution in [0, 0.1) is 0 Å². The number of aliphatic imine (C=N–C) groups is 1. The van der Waals surface area contributed by atoms with Gasteiger partial charge in [-0.15, -0.1) is 24.0 Å². The van der Waals surface area contributed by atoms with E-state index in [1.54, 1.807) is 19.2 Å². The molecule has 0 bridgehead atoms. The minimum Gasteiger partial charge on any atom is -0.484 e. The van der Waals surface area contributed by atoms with E-state index in [2.05, 4.69) is 27.8 Å². The first-order chi connectivity index (χ1) is 12.5. The number of hydrogen-bond donors (Lipinski definition) is 2. The van der Waals surface area contributed by atoms with Crippen LogP contribution in [-0.4, -0.2) is 32.3 Å². The molecule has 4 nitrogen and oxygen atoms in total. The van der Waals surface area contributed by atoms with E-state index in [9.17, 15) is 13.2 Å². The Hall–Kier alpha value is -1.97. The lowest BCUT2D eigenvalue weighted by atomic mass is 10.1. The van der Waals surface area contributed by atoms with Gasteiger partial charge in [0.2, 0.25) is 0 Å². The summed E-state index contributed by atoms with van der Waals surface area (Å²) in [6, 6.07) is 16.6. The highest BCUT2D eigenvalue weighted by atomic mass is 127. The molecule has 0 heterocycles. The van der Waals surface area contributed by atoms with Crippen molar-refractivity contribution in [3.8, 4) is 5.75 Å². The van der Waals surface area contributed by atoms with E-state index >= 15 is 0 Å². The standard InChI is InChI=1S/C19H22F3N3O.HI/c1-23-18(24-11-10-15-6-3-2-4-7-15)25-13-16-8-5-9-17(12-16)26-14-19(20,21)22;/h2-9,12H,10-11,13-14H2,1H3,(H2,23,24,25);1H. The van der Waals surface area contributed by atoms with Crippen LogP contribution < -0.4 is 15.4 Å². The molecule has 2 aromatic rings. The Bertz CT molecular complexity index is 709. The summed E-state index contributed by atoms with van der Waals surface area (Å²) in [4.78, 5) is 4.14. The molecule has 0 aliphatic carbocycles. The predicted octanol–water partition coefficient (Wildman–Crippen LogP) is 4.15. The lowest BCUT2D eigenvalue weighted by molar-refractivity contribution is -0.153. The highest BCUT2D eigenvalue weighted by Gasteiger charge is 2.28. The summed E-state index contributed by atoms with van der Waals surface area (Å²) in [6.45, 7) is -0.154. The molecule has 0 radical (unpaired) electrons. The van der Waals surface area contributed by atoms with Gasteiger partial charge in [0.25, 0.3) is 0 Å². The average molecular weight is 493 g/mol. The largest absolute Gasteiger partial charge is 0.484 e. The van der Waals surface area contributed by atoms with E-state index < -0.39 is 12.8 Å². The number of benzene rings is 2. The van der Waals surface area contributed by atoms with Crippen LogP contribution in [0.15, 0.2) is 59.6 Å². The molecule has 0 saturated carbocycles. The van der Waals surface area contributed by atoms with E-state index in [1.807, 2.05) is 24.3 Å². The molecule has 0 unspecified atom stereocenters. The second kappa shape index (κ2) is 11.7. The number of ether oxygens (including phenoxy) is 1. The number of halogens is 4. The van der Waals surface area contributed by atoms with Gasteiger partial charge in [0.1, 0.15) is 5.75 Å². The van der Waals surface area contributed by atoms with Gasteiger partial charge < -0.3 is 15.4 Å². The van der Waals surface area contributed by atoms with Crippen molar-refractivity contribution in [2.45, 2.75) is 19.1 Å². The topological polar surface area (TPSA) is 45.7 Å². The number of guanidine groups is 1. The van der Waals surface area contributed by atoms with Crippen molar-refractivity contribution >= 4 is 29.9 Å². The molecule has 0 fully saturated rings. The zero-order valence-corrected chi connectivity index (χ0v) is 17.3. The lowest BCUT2D eigenvalue weighted by Crippen LogP contribution is -2.37. The van der Waals surface area contributed by atoms with Gasteiger partial charge in [-0.25, -0.2) is 0 Å². The first kappa shape index (κ1) is 23.1. The third-order valence-electron chi connectivity index (χ3n) is 3.53. The molecular weight excluding hydrogens is 470 g/mol. The van der Waals surface area contributed by atoms with Crippen molar-refractivity contribution in [1.29, 1.82) is 0 Å². The van der Waals surface area contributed by atoms with Crippen molar-refractivity contribution in [2.24, 2.45) is 4.99 Å². The highest BCUT2D eigenvalue weighted by Crippen LogP contribution is 2.19. The van der Waals surface area contributed by atoms with Gasteiger partial charge in [0, 0.05) is 20.1 Å². The molecule has 0 atom stereocenters. The molecule has 2 N–H and O–H groups in total. The molecule has 27 heavy (non-hydrogen) atoms. The van der Waals surface area contributed by atoms with Gasteiger partial charge in [0.15, 0.2) is 12.6 Å². The lowest BCUT2D eigenvalue weighted by Gasteiger charge is -2.13. The van der Waals surface area contributed by atoms with Gasteiger partial charge in [-0.3, -0.25) is 4.99 Å². The molecule has 0 aliphatic heterocycles. The maximum absolute atomic E-state index is 12.2. The number of rotatable bonds is 7. The third kappa shape index (κ3) is 9.50. The number of hydrogen-bond acceptors (Lipinski definition) is 2. The fourth-order valence-electron chi connectivity index (χ4n) is 2.29. The van der Waals surface area contributed by atoms with Gasteiger partial charge in [0.05, 0.1) is 0 Å². The number of alkyl halides is 3. The Kier molecular flexibility index (Phi) is 9.98. The van der Waals surface area contributed by atoms with Crippen LogP contribution in [0.4, 0.5) is 13.2 Å². The third-order valence-corrected chi connectivity index (χ3v) is 3.53. The Labute approximate surface area is 174 Å². The summed E-state index contributed by atoms with van der Waals surface area (Å²) >= 11 is 0. The normalized spacial score (nSPS) is 11.5. The van der Waals surface area contributed by atoms with Gasteiger partial charge >= 0.3 is 6.18 Å². The highest BCUT2D eigenvalue weighted by molar-refractivity contribution is 14.0. The Morgan fingerprint density at radius 1 is 1.00 bits per heavy atom. The smallest absolute Gasteiger partial charge is 0.422 e. The predicted molar refractivity (Wildman–Crippen MR) is 112 cm³/mol. The van der Waals surface area contributed by atoms with Crippen molar-refractivity contribution in [3.05, 3.63) is 65.7 Å². The molecule has 8 heteroatoms. The van der Waals surface area contributed by atoms with E-state index in [1.165, 1.54) is 11.6 Å². The maximum atomic E-state index is 12.2. The summed E-state index contributed by atoms with van der Waals surface area (Å²) < 4.78 is 41.4. The summed E-state index contributed by atoms with van der Waals surface area (Å²) in [5, 5.41) is 6.34. The second-order valence-corrected chi connectivity index (χ2v) is 5.64. The SMILES string of the molecule is CN=C(NCCc1ccccc1)NCc1cccc(OCC(F)(F)F)c1.I. The summed E-state index contributed by atoms with van der Waals surface area (Å²) in [5.41, 5.74) is 2.03. The first-order valence-electron chi connectivity index (χ1n) is 8.23. The molecule has 0 amide bonds. The first-order valence-corrected chi connectivity index (χ1v) is 8.23. The quantitative estimate of drug-likeness (QED) is 0.346. The maximum Gasteiger partial charge on any atom is 0.422 e. The van der Waals surface area contributed by atoms with Crippen molar-refractivity contribution in [1.82, 2.24) is 10.6 Å². The molecule has 0 aliphatic rings. The Morgan fingerprint density at radius 3 is 2.37 bits per heavy atom. The van der Waals surface area contributed by atoms with Crippen molar-refractivity contribution in [2.75, 3.05) is 20.2 Å². The second-order valence-electron chi connectivity index (χ2n) is 5.64. The molecule has 148 valence electrons. The van der Waals surface area contributed by atoms with Gasteiger partial charge in [-0.2, -0.15) is 13.2 Å². The summed E-state index contributed by atoms with van der Waals surface area (Å²) in [7, 11) is 1.67. The fraction of sp³-hybridized carbons (Fsp3) is 0.316. The zero-order chi connectivity index (χ0) is 18.8. The zero-order valence-electron chi connectivity index (χ0n) is 14.9. The van der Waals surface area contributed by atoms with E-state index in [4.69, 9.17) is 4.74 Å². The van der Waals surface area contributed by atoms with Crippen LogP contribution in [0.25, 0.3) is 0 Å². The minimum atomic E-state index is -4.35. The van der Waals surface area contributed by atoms with E-state index in [0.717, 1.165) is 18.5 Å². The van der Waals surface area contributed by atoms with Crippen LogP contribution in [0.3, 0.4) is 0 Å². The number of nitrogens with zero attached hydrogens (tertiary/aromatic N) is 1.